The second-order valence-corrected chi connectivity index (χ2v) is 7.67. The van der Waals surface area contributed by atoms with Crippen LogP contribution in [0.25, 0.3) is 27.7 Å². The summed E-state index contributed by atoms with van der Waals surface area (Å²) < 4.78 is 3.02. The van der Waals surface area contributed by atoms with E-state index in [1.54, 1.807) is 48.3 Å². The first-order valence-corrected chi connectivity index (χ1v) is 11.0. The van der Waals surface area contributed by atoms with E-state index in [2.05, 4.69) is 20.6 Å². The van der Waals surface area contributed by atoms with Gasteiger partial charge in [-0.15, -0.1) is 0 Å². The summed E-state index contributed by atoms with van der Waals surface area (Å²) in [6, 6.07) is 20.3. The average molecular weight is 464 g/mol. The monoisotopic (exact) mass is 463 g/mol. The lowest BCUT2D eigenvalue weighted by molar-refractivity contribution is 0.0949. The summed E-state index contributed by atoms with van der Waals surface area (Å²) in [5, 5.41) is 14.0. The first-order chi connectivity index (χ1) is 17.2. The standard InChI is InChI=1S/C26H21N7O2/c1-2-32-26(35)22-13-7-6-12-21(22)24(31-32)25(34)29-28-16-19-17-33(20-10-4-3-5-11-20)30-23(19)18-9-8-14-27-15-18/h3-17H,2H2,1H3,(H,29,34)/b28-16+. The molecular weight excluding hydrogens is 442 g/mol. The number of carbonyl (C=O) groups is 1. The number of pyridine rings is 1. The van der Waals surface area contributed by atoms with Crippen LogP contribution in [0.4, 0.5) is 0 Å². The smallest absolute Gasteiger partial charge is 0.267 e. The van der Waals surface area contributed by atoms with Crippen LogP contribution in [-0.2, 0) is 6.54 Å². The Bertz CT molecular complexity index is 1590. The van der Waals surface area contributed by atoms with Gasteiger partial charge in [-0.2, -0.15) is 15.3 Å². The Morgan fingerprint density at radius 1 is 1.00 bits per heavy atom. The molecule has 9 heteroatoms. The molecule has 172 valence electrons. The van der Waals surface area contributed by atoms with E-state index in [1.807, 2.05) is 48.7 Å². The summed E-state index contributed by atoms with van der Waals surface area (Å²) in [6.07, 6.45) is 6.78. The molecule has 0 atom stereocenters. The molecule has 0 aliphatic heterocycles. The SMILES string of the molecule is CCn1nc(C(=O)N/N=C/c2cn(-c3ccccc3)nc2-c2cccnc2)c2ccccc2c1=O. The van der Waals surface area contributed by atoms with E-state index < -0.39 is 5.91 Å². The molecule has 5 aromatic rings. The molecule has 0 fully saturated rings. The van der Waals surface area contributed by atoms with Crippen LogP contribution in [0.3, 0.4) is 0 Å². The van der Waals surface area contributed by atoms with Crippen molar-refractivity contribution in [2.24, 2.45) is 5.10 Å². The fourth-order valence-electron chi connectivity index (χ4n) is 3.75. The Labute approximate surface area is 200 Å². The third kappa shape index (κ3) is 4.34. The fraction of sp³-hybridized carbons (Fsp3) is 0.0769. The molecule has 5 rings (SSSR count). The summed E-state index contributed by atoms with van der Waals surface area (Å²) in [5.41, 5.74) is 5.50. The number of hydrogen-bond acceptors (Lipinski definition) is 6. The number of hydrogen-bond donors (Lipinski definition) is 1. The van der Waals surface area contributed by atoms with Gasteiger partial charge in [-0.3, -0.25) is 14.6 Å². The lowest BCUT2D eigenvalue weighted by Crippen LogP contribution is -2.28. The van der Waals surface area contributed by atoms with E-state index in [0.29, 0.717) is 28.6 Å². The number of para-hydroxylation sites is 1. The molecular formula is C26H21N7O2. The van der Waals surface area contributed by atoms with Gasteiger partial charge >= 0.3 is 0 Å². The Hall–Kier alpha value is -4.92. The molecule has 0 aliphatic rings. The van der Waals surface area contributed by atoms with Crippen molar-refractivity contribution in [3.8, 4) is 16.9 Å². The van der Waals surface area contributed by atoms with Crippen LogP contribution in [0.15, 0.2) is 95.2 Å². The van der Waals surface area contributed by atoms with Gasteiger partial charge in [0.25, 0.3) is 11.5 Å². The van der Waals surface area contributed by atoms with Crippen LogP contribution < -0.4 is 11.0 Å². The van der Waals surface area contributed by atoms with Crippen LogP contribution >= 0.6 is 0 Å². The second-order valence-electron chi connectivity index (χ2n) is 7.67. The van der Waals surface area contributed by atoms with E-state index in [1.165, 1.54) is 10.9 Å². The van der Waals surface area contributed by atoms with Crippen molar-refractivity contribution < 1.29 is 4.79 Å². The summed E-state index contributed by atoms with van der Waals surface area (Å²) >= 11 is 0. The van der Waals surface area contributed by atoms with Crippen molar-refractivity contribution in [1.82, 2.24) is 30.0 Å². The van der Waals surface area contributed by atoms with Crippen molar-refractivity contribution in [2.75, 3.05) is 0 Å². The van der Waals surface area contributed by atoms with Crippen LogP contribution in [0.5, 0.6) is 0 Å². The Kier molecular flexibility index (Phi) is 5.96. The fourth-order valence-corrected chi connectivity index (χ4v) is 3.75. The van der Waals surface area contributed by atoms with Gasteiger partial charge in [0.1, 0.15) is 5.69 Å². The van der Waals surface area contributed by atoms with Crippen molar-refractivity contribution in [3.63, 3.8) is 0 Å². The summed E-state index contributed by atoms with van der Waals surface area (Å²) in [5.74, 6) is -0.516. The maximum Gasteiger partial charge on any atom is 0.292 e. The zero-order chi connectivity index (χ0) is 24.2. The van der Waals surface area contributed by atoms with Crippen molar-refractivity contribution in [1.29, 1.82) is 0 Å². The highest BCUT2D eigenvalue weighted by atomic mass is 16.2. The number of hydrazone groups is 1. The number of amides is 1. The van der Waals surface area contributed by atoms with Gasteiger partial charge in [-0.05, 0) is 37.3 Å². The predicted molar refractivity (Wildman–Crippen MR) is 134 cm³/mol. The summed E-state index contributed by atoms with van der Waals surface area (Å²) in [7, 11) is 0. The molecule has 3 aromatic heterocycles. The van der Waals surface area contributed by atoms with Crippen LogP contribution in [0.2, 0.25) is 0 Å². The molecule has 0 bridgehead atoms. The highest BCUT2D eigenvalue weighted by molar-refractivity contribution is 6.05. The number of fused-ring (bicyclic) bond motifs is 1. The zero-order valence-corrected chi connectivity index (χ0v) is 18.9. The number of nitrogens with zero attached hydrogens (tertiary/aromatic N) is 6. The maximum absolute atomic E-state index is 13.0. The van der Waals surface area contributed by atoms with E-state index in [9.17, 15) is 9.59 Å². The van der Waals surface area contributed by atoms with E-state index in [-0.39, 0.29) is 11.3 Å². The largest absolute Gasteiger partial charge is 0.292 e. The molecule has 0 saturated carbocycles. The molecule has 0 saturated heterocycles. The number of aromatic nitrogens is 5. The highest BCUT2D eigenvalue weighted by Gasteiger charge is 2.16. The number of carbonyl (C=O) groups excluding carboxylic acids is 1. The molecule has 1 N–H and O–H groups in total. The first kappa shape index (κ1) is 21.9. The van der Waals surface area contributed by atoms with E-state index in [0.717, 1.165) is 11.3 Å². The molecule has 0 unspecified atom stereocenters. The molecule has 0 radical (unpaired) electrons. The number of rotatable bonds is 6. The van der Waals surface area contributed by atoms with E-state index in [4.69, 9.17) is 5.10 Å². The van der Waals surface area contributed by atoms with Crippen LogP contribution in [-0.4, -0.2) is 36.7 Å². The van der Waals surface area contributed by atoms with Gasteiger partial charge in [0.2, 0.25) is 0 Å². The van der Waals surface area contributed by atoms with Gasteiger partial charge in [-0.25, -0.2) is 14.8 Å². The lowest BCUT2D eigenvalue weighted by atomic mass is 10.1. The molecule has 35 heavy (non-hydrogen) atoms. The Morgan fingerprint density at radius 2 is 1.77 bits per heavy atom. The number of aryl methyl sites for hydroxylation is 1. The van der Waals surface area contributed by atoms with Crippen LogP contribution in [0, 0.1) is 0 Å². The van der Waals surface area contributed by atoms with Gasteiger partial charge in [-0.1, -0.05) is 36.4 Å². The predicted octanol–water partition coefficient (Wildman–Crippen LogP) is 3.43. The number of benzene rings is 2. The highest BCUT2D eigenvalue weighted by Crippen LogP contribution is 2.22. The number of nitrogens with one attached hydrogen (secondary N) is 1. The molecule has 0 aliphatic carbocycles. The topological polar surface area (TPSA) is 107 Å². The Morgan fingerprint density at radius 3 is 2.51 bits per heavy atom. The van der Waals surface area contributed by atoms with Crippen molar-refractivity contribution >= 4 is 22.9 Å². The third-order valence-corrected chi connectivity index (χ3v) is 5.45. The molecule has 2 aromatic carbocycles. The Balaban J connectivity index is 1.48. The minimum Gasteiger partial charge on any atom is -0.267 e. The lowest BCUT2D eigenvalue weighted by Gasteiger charge is -2.08. The normalized spacial score (nSPS) is 11.2. The quantitative estimate of drug-likeness (QED) is 0.307. The van der Waals surface area contributed by atoms with Crippen LogP contribution in [0.1, 0.15) is 23.0 Å². The van der Waals surface area contributed by atoms with Gasteiger partial charge in [0.15, 0.2) is 5.69 Å². The average Bonchev–Trinajstić information content (AvgIpc) is 3.34. The van der Waals surface area contributed by atoms with E-state index >= 15 is 0 Å². The van der Waals surface area contributed by atoms with Gasteiger partial charge < -0.3 is 0 Å². The van der Waals surface area contributed by atoms with Crippen molar-refractivity contribution in [2.45, 2.75) is 13.5 Å². The molecule has 9 nitrogen and oxygen atoms in total. The minimum absolute atomic E-state index is 0.131. The zero-order valence-electron chi connectivity index (χ0n) is 18.9. The molecule has 1 amide bonds. The summed E-state index contributed by atoms with van der Waals surface area (Å²) in [4.78, 5) is 29.7. The van der Waals surface area contributed by atoms with Crippen molar-refractivity contribution in [3.05, 3.63) is 107 Å². The molecule has 3 heterocycles. The van der Waals surface area contributed by atoms with Gasteiger partial charge in [0, 0.05) is 41.6 Å². The minimum atomic E-state index is -0.516. The molecule has 0 spiro atoms. The van der Waals surface area contributed by atoms with Gasteiger partial charge in [0.05, 0.1) is 17.3 Å². The second kappa shape index (κ2) is 9.52. The third-order valence-electron chi connectivity index (χ3n) is 5.45. The maximum atomic E-state index is 13.0. The first-order valence-electron chi connectivity index (χ1n) is 11.0. The summed E-state index contributed by atoms with van der Waals surface area (Å²) in [6.45, 7) is 2.15.